The number of aliphatic hydroxyl groups excluding tert-OH is 1. The second-order valence-corrected chi connectivity index (χ2v) is 8.80. The standard InChI is InChI=1S/C21H28N6O2.CH2O2/c28-18-9-16-13-27(12-15(16)8-17(18)26-6-1-2-7-26)20(29)10-19-23-21(25-24-19)14-4-3-5-22-11-14;2-1-3/h3-5,11,15-18,28H,1-2,6-10,12-13H2,(H,23,24,25);1H,(H,2,3)/t15-,16+,17-,18-;/m1./s1. The van der Waals surface area contributed by atoms with Crippen molar-refractivity contribution in [1.29, 1.82) is 0 Å². The van der Waals surface area contributed by atoms with Gasteiger partial charge in [0.25, 0.3) is 6.47 Å². The highest BCUT2D eigenvalue weighted by Crippen LogP contribution is 2.39. The Kier molecular flexibility index (Phi) is 7.11. The lowest BCUT2D eigenvalue weighted by molar-refractivity contribution is -0.129. The molecule has 2 saturated heterocycles. The van der Waals surface area contributed by atoms with Crippen molar-refractivity contribution in [1.82, 2.24) is 30.0 Å². The Morgan fingerprint density at radius 2 is 1.94 bits per heavy atom. The molecule has 3 N–H and O–H groups in total. The molecular formula is C22H30N6O4. The fourth-order valence-electron chi connectivity index (χ4n) is 5.33. The van der Waals surface area contributed by atoms with Crippen molar-refractivity contribution in [2.24, 2.45) is 11.8 Å². The first-order valence-corrected chi connectivity index (χ1v) is 11.2. The molecule has 4 atom stereocenters. The number of pyridine rings is 1. The number of fused-ring (bicyclic) bond motifs is 1. The summed E-state index contributed by atoms with van der Waals surface area (Å²) in [7, 11) is 0. The maximum absolute atomic E-state index is 12.9. The second kappa shape index (κ2) is 10.2. The molecule has 0 bridgehead atoms. The first-order chi connectivity index (χ1) is 15.6. The molecule has 3 fully saturated rings. The van der Waals surface area contributed by atoms with Gasteiger partial charge < -0.3 is 15.1 Å². The number of amides is 1. The molecular weight excluding hydrogens is 412 g/mol. The van der Waals surface area contributed by atoms with Gasteiger partial charge in [-0.15, -0.1) is 0 Å². The zero-order valence-corrected chi connectivity index (χ0v) is 18.0. The number of carbonyl (C=O) groups is 2. The SMILES string of the molecule is O=C(Cc1nc(-c2cccnc2)n[nH]1)N1C[C@H]2C[C@@H](N3CCCC3)[C@H](O)C[C@H]2C1.O=CO. The summed E-state index contributed by atoms with van der Waals surface area (Å²) in [5, 5.41) is 24.7. The molecule has 5 rings (SSSR count). The van der Waals surface area contributed by atoms with Crippen LogP contribution in [0, 0.1) is 11.8 Å². The molecule has 10 nitrogen and oxygen atoms in total. The van der Waals surface area contributed by atoms with E-state index >= 15 is 0 Å². The summed E-state index contributed by atoms with van der Waals surface area (Å²) < 4.78 is 0. The van der Waals surface area contributed by atoms with Gasteiger partial charge in [-0.2, -0.15) is 5.10 Å². The van der Waals surface area contributed by atoms with E-state index in [4.69, 9.17) is 9.90 Å². The third kappa shape index (κ3) is 4.97. The highest BCUT2D eigenvalue weighted by Gasteiger charge is 2.44. The van der Waals surface area contributed by atoms with E-state index in [2.05, 4.69) is 25.1 Å². The molecule has 2 aliphatic heterocycles. The average Bonchev–Trinajstić information content (AvgIpc) is 3.55. The summed E-state index contributed by atoms with van der Waals surface area (Å²) in [6.07, 6.45) is 7.67. The number of likely N-dealkylation sites (tertiary alicyclic amines) is 2. The van der Waals surface area contributed by atoms with Gasteiger partial charge in [-0.3, -0.25) is 24.6 Å². The third-order valence-corrected chi connectivity index (χ3v) is 6.84. The van der Waals surface area contributed by atoms with Crippen molar-refractivity contribution in [2.75, 3.05) is 26.2 Å². The molecule has 2 aromatic rings. The van der Waals surface area contributed by atoms with E-state index in [1.165, 1.54) is 12.8 Å². The molecule has 32 heavy (non-hydrogen) atoms. The lowest BCUT2D eigenvalue weighted by Crippen LogP contribution is -2.48. The first kappa shape index (κ1) is 22.3. The number of carbonyl (C=O) groups excluding carboxylic acids is 1. The minimum atomic E-state index is -0.263. The Balaban J connectivity index is 0.000000775. The topological polar surface area (TPSA) is 136 Å². The van der Waals surface area contributed by atoms with Gasteiger partial charge in [0.05, 0.1) is 12.5 Å². The van der Waals surface area contributed by atoms with Crippen molar-refractivity contribution < 1.29 is 19.8 Å². The van der Waals surface area contributed by atoms with Crippen LogP contribution in [-0.2, 0) is 16.0 Å². The molecule has 10 heteroatoms. The number of rotatable bonds is 4. The Hall–Kier alpha value is -2.85. The molecule has 0 unspecified atom stereocenters. The van der Waals surface area contributed by atoms with Crippen LogP contribution in [0.3, 0.4) is 0 Å². The molecule has 1 aliphatic carbocycles. The smallest absolute Gasteiger partial charge is 0.290 e. The van der Waals surface area contributed by atoms with Gasteiger partial charge in [0.1, 0.15) is 5.82 Å². The summed E-state index contributed by atoms with van der Waals surface area (Å²) in [6.45, 7) is 3.50. The molecule has 1 amide bonds. The maximum Gasteiger partial charge on any atom is 0.290 e. The Morgan fingerprint density at radius 1 is 1.22 bits per heavy atom. The average molecular weight is 443 g/mol. The van der Waals surface area contributed by atoms with Gasteiger partial charge in [-0.25, -0.2) is 4.98 Å². The lowest BCUT2D eigenvalue weighted by atomic mass is 9.77. The first-order valence-electron chi connectivity index (χ1n) is 11.2. The van der Waals surface area contributed by atoms with Crippen LogP contribution in [0.1, 0.15) is 31.5 Å². The molecule has 4 heterocycles. The Labute approximate surface area is 186 Å². The number of hydrogen-bond donors (Lipinski definition) is 3. The van der Waals surface area contributed by atoms with Crippen molar-refractivity contribution >= 4 is 12.4 Å². The minimum Gasteiger partial charge on any atom is -0.483 e. The number of nitrogens with one attached hydrogen (secondary N) is 1. The van der Waals surface area contributed by atoms with E-state index < -0.39 is 0 Å². The molecule has 0 spiro atoms. The second-order valence-electron chi connectivity index (χ2n) is 8.80. The minimum absolute atomic E-state index is 0.0838. The number of aliphatic hydroxyl groups is 1. The summed E-state index contributed by atoms with van der Waals surface area (Å²) in [5.74, 6) is 2.13. The Bertz CT molecular complexity index is 901. The van der Waals surface area contributed by atoms with Crippen molar-refractivity contribution in [3.05, 3.63) is 30.4 Å². The Morgan fingerprint density at radius 3 is 2.62 bits per heavy atom. The van der Waals surface area contributed by atoms with Crippen LogP contribution in [0.2, 0.25) is 0 Å². The fraction of sp³-hybridized carbons (Fsp3) is 0.591. The van der Waals surface area contributed by atoms with Gasteiger partial charge in [-0.05, 0) is 62.7 Å². The number of carboxylic acid groups (broad SMARTS) is 1. The normalized spacial score (nSPS) is 27.5. The van der Waals surface area contributed by atoms with E-state index in [-0.39, 0.29) is 30.9 Å². The van der Waals surface area contributed by atoms with Crippen LogP contribution in [0.15, 0.2) is 24.5 Å². The van der Waals surface area contributed by atoms with Gasteiger partial charge in [0.2, 0.25) is 5.91 Å². The molecule has 1 saturated carbocycles. The third-order valence-electron chi connectivity index (χ3n) is 6.84. The number of hydrogen-bond acceptors (Lipinski definition) is 7. The lowest BCUT2D eigenvalue weighted by Gasteiger charge is -2.40. The molecule has 2 aromatic heterocycles. The number of H-pyrrole nitrogens is 1. The number of aromatic amines is 1. The zero-order valence-electron chi connectivity index (χ0n) is 18.0. The predicted molar refractivity (Wildman–Crippen MR) is 115 cm³/mol. The summed E-state index contributed by atoms with van der Waals surface area (Å²) in [4.78, 5) is 34.2. The number of aromatic nitrogens is 4. The molecule has 172 valence electrons. The van der Waals surface area contributed by atoms with Crippen LogP contribution >= 0.6 is 0 Å². The summed E-state index contributed by atoms with van der Waals surface area (Å²) in [6, 6.07) is 4.01. The van der Waals surface area contributed by atoms with Crippen LogP contribution in [0.5, 0.6) is 0 Å². The quantitative estimate of drug-likeness (QED) is 0.592. The van der Waals surface area contributed by atoms with E-state index in [1.807, 2.05) is 17.0 Å². The monoisotopic (exact) mass is 442 g/mol. The zero-order chi connectivity index (χ0) is 22.5. The van der Waals surface area contributed by atoms with Crippen molar-refractivity contribution in [2.45, 2.75) is 44.2 Å². The summed E-state index contributed by atoms with van der Waals surface area (Å²) in [5.41, 5.74) is 0.830. The molecule has 0 radical (unpaired) electrons. The number of nitrogens with zero attached hydrogens (tertiary/aromatic N) is 5. The highest BCUT2D eigenvalue weighted by atomic mass is 16.3. The van der Waals surface area contributed by atoms with Gasteiger partial charge in [0, 0.05) is 37.1 Å². The predicted octanol–water partition coefficient (Wildman–Crippen LogP) is 0.804. The van der Waals surface area contributed by atoms with Gasteiger partial charge in [-0.1, -0.05) is 0 Å². The van der Waals surface area contributed by atoms with Crippen LogP contribution in [0.25, 0.3) is 11.4 Å². The largest absolute Gasteiger partial charge is 0.483 e. The van der Waals surface area contributed by atoms with Gasteiger partial charge >= 0.3 is 0 Å². The van der Waals surface area contributed by atoms with Crippen molar-refractivity contribution in [3.8, 4) is 11.4 Å². The maximum atomic E-state index is 12.9. The van der Waals surface area contributed by atoms with E-state index in [1.54, 1.807) is 12.4 Å². The van der Waals surface area contributed by atoms with Crippen molar-refractivity contribution in [3.63, 3.8) is 0 Å². The van der Waals surface area contributed by atoms with Crippen LogP contribution < -0.4 is 0 Å². The van der Waals surface area contributed by atoms with E-state index in [9.17, 15) is 9.90 Å². The van der Waals surface area contributed by atoms with Gasteiger partial charge in [0.15, 0.2) is 5.82 Å². The van der Waals surface area contributed by atoms with Crippen LogP contribution in [-0.4, -0.2) is 90.9 Å². The molecule has 3 aliphatic rings. The van der Waals surface area contributed by atoms with E-state index in [0.717, 1.165) is 44.6 Å². The fourth-order valence-corrected chi connectivity index (χ4v) is 5.33. The highest BCUT2D eigenvalue weighted by molar-refractivity contribution is 5.78. The molecule has 0 aromatic carbocycles. The van der Waals surface area contributed by atoms with E-state index in [0.29, 0.717) is 23.5 Å². The summed E-state index contributed by atoms with van der Waals surface area (Å²) >= 11 is 0. The van der Waals surface area contributed by atoms with Crippen LogP contribution in [0.4, 0.5) is 0 Å².